The van der Waals surface area contributed by atoms with Gasteiger partial charge in [-0.2, -0.15) is 0 Å². The van der Waals surface area contributed by atoms with Crippen molar-refractivity contribution < 1.29 is 14.3 Å². The van der Waals surface area contributed by atoms with E-state index < -0.39 is 0 Å². The standard InChI is InChI=1S/C22H28N4O3S/c1-3-8-18(23)11-5-6-12-20-25-26-22(30-20)24-19(27)14-16-9-7-10-17(13-16)15-21(28)29-4-2/h3,7-10,13H,1,4-6,11-12,14-15,23H2,2H3,(H,24,26,27)/b18-8-. The smallest absolute Gasteiger partial charge is 0.310 e. The maximum atomic E-state index is 12.3. The summed E-state index contributed by atoms with van der Waals surface area (Å²) >= 11 is 1.38. The number of amides is 1. The van der Waals surface area contributed by atoms with Crippen LogP contribution in [-0.2, 0) is 33.6 Å². The van der Waals surface area contributed by atoms with Crippen LogP contribution in [0.4, 0.5) is 5.13 Å². The highest BCUT2D eigenvalue weighted by molar-refractivity contribution is 7.15. The SMILES string of the molecule is C=C/C=C(\N)CCCCc1nnc(NC(=O)Cc2cccc(CC(=O)OCC)c2)s1. The third-order valence-electron chi connectivity index (χ3n) is 4.16. The van der Waals surface area contributed by atoms with Crippen LogP contribution in [0.3, 0.4) is 0 Å². The predicted molar refractivity (Wildman–Crippen MR) is 119 cm³/mol. The number of anilines is 1. The van der Waals surface area contributed by atoms with Gasteiger partial charge in [-0.1, -0.05) is 48.3 Å². The van der Waals surface area contributed by atoms with Crippen molar-refractivity contribution >= 4 is 28.3 Å². The maximum absolute atomic E-state index is 12.3. The molecule has 0 aliphatic rings. The summed E-state index contributed by atoms with van der Waals surface area (Å²) in [6.45, 7) is 5.75. The minimum Gasteiger partial charge on any atom is -0.466 e. The second kappa shape index (κ2) is 12.5. The number of allylic oxidation sites excluding steroid dienone is 3. The second-order valence-electron chi connectivity index (χ2n) is 6.71. The summed E-state index contributed by atoms with van der Waals surface area (Å²) in [6.07, 6.45) is 7.41. The van der Waals surface area contributed by atoms with Crippen molar-refractivity contribution in [3.05, 3.63) is 64.8 Å². The minimum atomic E-state index is -0.278. The Balaban J connectivity index is 1.79. The van der Waals surface area contributed by atoms with E-state index in [9.17, 15) is 9.59 Å². The number of aryl methyl sites for hydroxylation is 1. The van der Waals surface area contributed by atoms with E-state index >= 15 is 0 Å². The molecule has 0 fully saturated rings. The van der Waals surface area contributed by atoms with Crippen molar-refractivity contribution in [3.8, 4) is 0 Å². The van der Waals surface area contributed by atoms with Crippen molar-refractivity contribution in [1.29, 1.82) is 0 Å². The Labute approximate surface area is 181 Å². The third kappa shape index (κ3) is 8.57. The molecule has 0 bridgehead atoms. The normalized spacial score (nSPS) is 11.2. The van der Waals surface area contributed by atoms with Gasteiger partial charge in [-0.25, -0.2) is 0 Å². The molecule has 0 saturated heterocycles. The fourth-order valence-corrected chi connectivity index (χ4v) is 3.62. The number of rotatable bonds is 12. The Kier molecular flexibility index (Phi) is 9.73. The van der Waals surface area contributed by atoms with Crippen LogP contribution in [0.25, 0.3) is 0 Å². The van der Waals surface area contributed by atoms with Crippen LogP contribution < -0.4 is 11.1 Å². The van der Waals surface area contributed by atoms with E-state index in [1.165, 1.54) is 11.3 Å². The van der Waals surface area contributed by atoms with Crippen LogP contribution in [0, 0.1) is 0 Å². The molecule has 2 rings (SSSR count). The summed E-state index contributed by atoms with van der Waals surface area (Å²) in [7, 11) is 0. The first kappa shape index (κ1) is 23.3. The molecule has 160 valence electrons. The van der Waals surface area contributed by atoms with Crippen molar-refractivity contribution in [2.75, 3.05) is 11.9 Å². The zero-order valence-electron chi connectivity index (χ0n) is 17.2. The molecule has 0 radical (unpaired) electrons. The van der Waals surface area contributed by atoms with Gasteiger partial charge in [-0.05, 0) is 43.4 Å². The van der Waals surface area contributed by atoms with E-state index in [4.69, 9.17) is 10.5 Å². The van der Waals surface area contributed by atoms with Crippen LogP contribution in [0.1, 0.15) is 42.3 Å². The van der Waals surface area contributed by atoms with Crippen LogP contribution >= 0.6 is 11.3 Å². The lowest BCUT2D eigenvalue weighted by atomic mass is 10.1. The molecule has 0 aliphatic carbocycles. The average Bonchev–Trinajstić information content (AvgIpc) is 3.13. The van der Waals surface area contributed by atoms with Gasteiger partial charge < -0.3 is 15.8 Å². The predicted octanol–water partition coefficient (Wildman–Crippen LogP) is 3.57. The number of aromatic nitrogens is 2. The van der Waals surface area contributed by atoms with Crippen LogP contribution in [0.5, 0.6) is 0 Å². The average molecular weight is 429 g/mol. The molecule has 0 spiro atoms. The summed E-state index contributed by atoms with van der Waals surface area (Å²) in [5.74, 6) is -0.451. The van der Waals surface area contributed by atoms with Gasteiger partial charge in [0, 0.05) is 12.1 Å². The van der Waals surface area contributed by atoms with E-state index in [1.807, 2.05) is 30.3 Å². The van der Waals surface area contributed by atoms with Gasteiger partial charge in [0.05, 0.1) is 19.4 Å². The van der Waals surface area contributed by atoms with Crippen LogP contribution in [0.15, 0.2) is 48.7 Å². The molecule has 0 atom stereocenters. The summed E-state index contributed by atoms with van der Waals surface area (Å²) in [6, 6.07) is 7.37. The molecule has 0 saturated carbocycles. The number of nitrogens with two attached hydrogens (primary N) is 1. The summed E-state index contributed by atoms with van der Waals surface area (Å²) in [5, 5.41) is 12.3. The van der Waals surface area contributed by atoms with Crippen LogP contribution in [0.2, 0.25) is 0 Å². The van der Waals surface area contributed by atoms with E-state index in [2.05, 4.69) is 22.1 Å². The molecule has 30 heavy (non-hydrogen) atoms. The van der Waals surface area contributed by atoms with Crippen molar-refractivity contribution in [1.82, 2.24) is 10.2 Å². The Morgan fingerprint density at radius 1 is 1.23 bits per heavy atom. The lowest BCUT2D eigenvalue weighted by Gasteiger charge is -2.05. The second-order valence-corrected chi connectivity index (χ2v) is 7.77. The van der Waals surface area contributed by atoms with Gasteiger partial charge >= 0.3 is 5.97 Å². The number of hydrogen-bond acceptors (Lipinski definition) is 7. The largest absolute Gasteiger partial charge is 0.466 e. The molecule has 2 aromatic rings. The molecular weight excluding hydrogens is 400 g/mol. The number of carbonyl (C=O) groups excluding carboxylic acids is 2. The van der Waals surface area contributed by atoms with E-state index in [1.54, 1.807) is 13.0 Å². The lowest BCUT2D eigenvalue weighted by Crippen LogP contribution is -2.14. The number of unbranched alkanes of at least 4 members (excludes halogenated alkanes) is 1. The number of ether oxygens (including phenoxy) is 1. The number of hydrogen-bond donors (Lipinski definition) is 2. The van der Waals surface area contributed by atoms with Gasteiger partial charge in [0.15, 0.2) is 0 Å². The molecular formula is C22H28N4O3S. The summed E-state index contributed by atoms with van der Waals surface area (Å²) in [5.41, 5.74) is 8.29. The number of nitrogens with zero attached hydrogens (tertiary/aromatic N) is 2. The quantitative estimate of drug-likeness (QED) is 0.304. The lowest BCUT2D eigenvalue weighted by molar-refractivity contribution is -0.142. The molecule has 0 unspecified atom stereocenters. The number of benzene rings is 1. The fourth-order valence-electron chi connectivity index (χ4n) is 2.82. The first-order valence-electron chi connectivity index (χ1n) is 9.93. The number of nitrogens with one attached hydrogen (secondary N) is 1. The van der Waals surface area contributed by atoms with Crippen molar-refractivity contribution in [2.24, 2.45) is 5.73 Å². The Bertz CT molecular complexity index is 892. The van der Waals surface area contributed by atoms with Crippen molar-refractivity contribution in [2.45, 2.75) is 45.4 Å². The van der Waals surface area contributed by atoms with Gasteiger partial charge in [0.2, 0.25) is 11.0 Å². The topological polar surface area (TPSA) is 107 Å². The van der Waals surface area contributed by atoms with Gasteiger partial charge in [0.1, 0.15) is 5.01 Å². The van der Waals surface area contributed by atoms with Gasteiger partial charge in [0.25, 0.3) is 0 Å². The molecule has 3 N–H and O–H groups in total. The Morgan fingerprint density at radius 3 is 2.73 bits per heavy atom. The molecule has 7 nitrogen and oxygen atoms in total. The highest BCUT2D eigenvalue weighted by Gasteiger charge is 2.10. The highest BCUT2D eigenvalue weighted by Crippen LogP contribution is 2.18. The molecule has 0 aliphatic heterocycles. The van der Waals surface area contributed by atoms with Crippen LogP contribution in [-0.4, -0.2) is 28.7 Å². The zero-order chi connectivity index (χ0) is 21.8. The summed E-state index contributed by atoms with van der Waals surface area (Å²) < 4.78 is 4.96. The molecule has 1 aromatic heterocycles. The Hall–Kier alpha value is -3.00. The Morgan fingerprint density at radius 2 is 2.00 bits per heavy atom. The molecule has 1 heterocycles. The highest BCUT2D eigenvalue weighted by atomic mass is 32.1. The fraction of sp³-hybridized carbons (Fsp3) is 0.364. The molecule has 8 heteroatoms. The van der Waals surface area contributed by atoms with E-state index in [0.29, 0.717) is 11.7 Å². The van der Waals surface area contributed by atoms with E-state index in [-0.39, 0.29) is 24.7 Å². The number of esters is 1. The van der Waals surface area contributed by atoms with E-state index in [0.717, 1.165) is 47.5 Å². The van der Waals surface area contributed by atoms with Gasteiger partial charge in [-0.15, -0.1) is 10.2 Å². The molecule has 1 aromatic carbocycles. The minimum absolute atomic E-state index is 0.173. The monoisotopic (exact) mass is 428 g/mol. The van der Waals surface area contributed by atoms with Gasteiger partial charge in [-0.3, -0.25) is 9.59 Å². The third-order valence-corrected chi connectivity index (χ3v) is 5.06. The first-order valence-corrected chi connectivity index (χ1v) is 10.7. The summed E-state index contributed by atoms with van der Waals surface area (Å²) in [4.78, 5) is 24.0. The maximum Gasteiger partial charge on any atom is 0.310 e. The first-order chi connectivity index (χ1) is 14.5. The van der Waals surface area contributed by atoms with Crippen molar-refractivity contribution in [3.63, 3.8) is 0 Å². The zero-order valence-corrected chi connectivity index (χ0v) is 18.0. The number of carbonyl (C=O) groups is 2. The molecule has 1 amide bonds.